The first-order valence-corrected chi connectivity index (χ1v) is 18.3. The lowest BCUT2D eigenvalue weighted by Crippen LogP contribution is -2.26. The zero-order valence-corrected chi connectivity index (χ0v) is 28.5. The van der Waals surface area contributed by atoms with Crippen molar-refractivity contribution in [3.63, 3.8) is 0 Å². The molecule has 2 aromatic heterocycles. The van der Waals surface area contributed by atoms with Crippen molar-refractivity contribution in [2.24, 2.45) is 0 Å². The van der Waals surface area contributed by atoms with E-state index in [1.165, 1.54) is 18.2 Å². The van der Waals surface area contributed by atoms with Crippen molar-refractivity contribution >= 4 is 5.91 Å². The largest absolute Gasteiger partial charge is 0.451 e. The van der Waals surface area contributed by atoms with E-state index in [1.54, 1.807) is 0 Å². The number of unbranched alkanes of at least 4 members (excludes halogenated alkanes) is 5. The highest BCUT2D eigenvalue weighted by molar-refractivity contribution is 5.91. The number of oxazole rings is 1. The quantitative estimate of drug-likeness (QED) is 0.109. The van der Waals surface area contributed by atoms with E-state index >= 15 is 0 Å². The van der Waals surface area contributed by atoms with Crippen LogP contribution in [0.1, 0.15) is 137 Å². The summed E-state index contributed by atoms with van der Waals surface area (Å²) >= 11 is 0. The fourth-order valence-electron chi connectivity index (χ4n) is 6.51. The zero-order chi connectivity index (χ0) is 33.1. The van der Waals surface area contributed by atoms with E-state index in [1.807, 2.05) is 10.7 Å². The average molecular weight is 666 g/mol. The lowest BCUT2D eigenvalue weighted by Gasteiger charge is -2.30. The third-order valence-electron chi connectivity index (χ3n) is 9.24. The molecule has 2 fully saturated rings. The van der Waals surface area contributed by atoms with Gasteiger partial charge < -0.3 is 28.7 Å². The van der Waals surface area contributed by atoms with E-state index in [9.17, 15) is 4.79 Å². The second kappa shape index (κ2) is 21.1. The van der Waals surface area contributed by atoms with Gasteiger partial charge in [-0.2, -0.15) is 0 Å². The van der Waals surface area contributed by atoms with Gasteiger partial charge >= 0.3 is 0 Å². The van der Waals surface area contributed by atoms with Crippen molar-refractivity contribution in [2.75, 3.05) is 26.4 Å². The molecule has 11 heteroatoms. The summed E-state index contributed by atoms with van der Waals surface area (Å²) in [6, 6.07) is 10.3. The first kappa shape index (κ1) is 36.2. The summed E-state index contributed by atoms with van der Waals surface area (Å²) in [5.74, 6) is -0.185. The molecule has 0 spiro atoms. The zero-order valence-electron chi connectivity index (χ0n) is 28.5. The molecule has 1 amide bonds. The molecule has 2 aliphatic heterocycles. The summed E-state index contributed by atoms with van der Waals surface area (Å²) in [6.45, 7) is 3.70. The minimum atomic E-state index is -0.185. The molecule has 0 aliphatic carbocycles. The van der Waals surface area contributed by atoms with Crippen LogP contribution in [0.3, 0.4) is 0 Å². The Labute approximate surface area is 285 Å². The lowest BCUT2D eigenvalue weighted by molar-refractivity contribution is -0.0993. The molecule has 0 saturated carbocycles. The number of benzene rings is 1. The van der Waals surface area contributed by atoms with Gasteiger partial charge in [-0.25, -0.2) is 9.67 Å². The number of carbonyl (C=O) groups is 1. The molecule has 3 aromatic rings. The van der Waals surface area contributed by atoms with Crippen molar-refractivity contribution < 1.29 is 28.2 Å². The smallest absolute Gasteiger partial charge is 0.273 e. The van der Waals surface area contributed by atoms with Crippen molar-refractivity contribution in [1.82, 2.24) is 25.3 Å². The maximum atomic E-state index is 11.8. The number of aromatic nitrogens is 4. The van der Waals surface area contributed by atoms with Crippen LogP contribution >= 0.6 is 0 Å². The topological polar surface area (TPSA) is 123 Å². The van der Waals surface area contributed by atoms with E-state index in [2.05, 4.69) is 51.1 Å². The predicted molar refractivity (Wildman–Crippen MR) is 181 cm³/mol. The number of rotatable bonds is 22. The van der Waals surface area contributed by atoms with E-state index in [-0.39, 0.29) is 30.4 Å². The number of ether oxygens (including phenoxy) is 4. The molecule has 1 aromatic carbocycles. The summed E-state index contributed by atoms with van der Waals surface area (Å²) < 4.78 is 31.4. The monoisotopic (exact) mass is 665 g/mol. The fourth-order valence-corrected chi connectivity index (χ4v) is 6.51. The number of amides is 1. The van der Waals surface area contributed by atoms with Crippen LogP contribution in [0.25, 0.3) is 0 Å². The van der Waals surface area contributed by atoms with E-state index in [0.717, 1.165) is 128 Å². The Morgan fingerprint density at radius 2 is 1.56 bits per heavy atom. The third-order valence-corrected chi connectivity index (χ3v) is 9.24. The number of nitrogens with one attached hydrogen (secondary N) is 1. The molecule has 5 rings (SSSR count). The van der Waals surface area contributed by atoms with E-state index < -0.39 is 0 Å². The van der Waals surface area contributed by atoms with Gasteiger partial charge in [0.2, 0.25) is 0 Å². The molecule has 2 aliphatic rings. The molecule has 0 unspecified atom stereocenters. The molecule has 2 saturated heterocycles. The highest BCUT2D eigenvalue weighted by Crippen LogP contribution is 2.34. The third kappa shape index (κ3) is 12.7. The highest BCUT2D eigenvalue weighted by Gasteiger charge is 2.28. The van der Waals surface area contributed by atoms with Gasteiger partial charge in [0, 0.05) is 26.4 Å². The Kier molecular flexibility index (Phi) is 15.9. The van der Waals surface area contributed by atoms with Crippen LogP contribution in [0.15, 0.2) is 53.6 Å². The Morgan fingerprint density at radius 3 is 2.35 bits per heavy atom. The maximum absolute atomic E-state index is 11.8. The van der Waals surface area contributed by atoms with Crippen LogP contribution in [0.2, 0.25) is 0 Å². The van der Waals surface area contributed by atoms with Gasteiger partial charge in [0.1, 0.15) is 18.1 Å². The Bertz CT molecular complexity index is 1270. The molecular weight excluding hydrogens is 610 g/mol. The minimum Gasteiger partial charge on any atom is -0.451 e. The van der Waals surface area contributed by atoms with E-state index in [4.69, 9.17) is 23.4 Å². The number of hydrogen-bond acceptors (Lipinski definition) is 9. The first-order chi connectivity index (χ1) is 23.7. The van der Waals surface area contributed by atoms with Crippen LogP contribution in [-0.2, 0) is 25.6 Å². The Balaban J connectivity index is 0.874. The van der Waals surface area contributed by atoms with Crippen LogP contribution in [-0.4, -0.2) is 64.5 Å². The minimum absolute atomic E-state index is 0.0183. The van der Waals surface area contributed by atoms with Gasteiger partial charge in [-0.3, -0.25) is 4.79 Å². The molecule has 4 atom stereocenters. The summed E-state index contributed by atoms with van der Waals surface area (Å²) in [4.78, 5) is 15.7. The van der Waals surface area contributed by atoms with Crippen molar-refractivity contribution in [3.8, 4) is 0 Å². The van der Waals surface area contributed by atoms with Gasteiger partial charge in [0.25, 0.3) is 5.91 Å². The molecule has 1 N–H and O–H groups in total. The second-order valence-electron chi connectivity index (χ2n) is 13.1. The summed E-state index contributed by atoms with van der Waals surface area (Å²) in [5.41, 5.74) is 2.48. The van der Waals surface area contributed by atoms with Gasteiger partial charge in [-0.1, -0.05) is 48.4 Å². The molecule has 0 bridgehead atoms. The standard InChI is InChI=1S/C37H55N5O6/c43-37(34-28-46-29-39-34)38-22-8-1-2-9-23-44-24-10-6-17-32-19-13-21-36(48-32)42-26-33(40-41-42)35-20-12-18-31(47-35)16-7-11-25-45-27-30-14-4-3-5-15-30/h3-5,14-15,26,28-29,31-32,35-36H,1-2,6-13,16-25,27H2,(H,38,43)/t31-,32+,35-,36+/m1/s1. The molecule has 4 heterocycles. The van der Waals surface area contributed by atoms with Crippen molar-refractivity contribution in [3.05, 3.63) is 66.1 Å². The average Bonchev–Trinajstić information content (AvgIpc) is 3.85. The molecule has 48 heavy (non-hydrogen) atoms. The first-order valence-electron chi connectivity index (χ1n) is 18.3. The summed E-state index contributed by atoms with van der Waals surface area (Å²) in [5, 5.41) is 11.9. The molecule has 0 radical (unpaired) electrons. The summed E-state index contributed by atoms with van der Waals surface area (Å²) in [7, 11) is 0. The van der Waals surface area contributed by atoms with Crippen molar-refractivity contribution in [2.45, 2.75) is 134 Å². The van der Waals surface area contributed by atoms with Gasteiger partial charge in [0.15, 0.2) is 18.3 Å². The van der Waals surface area contributed by atoms with Crippen LogP contribution < -0.4 is 5.32 Å². The van der Waals surface area contributed by atoms with E-state index in [0.29, 0.717) is 18.8 Å². The molecule has 11 nitrogen and oxygen atoms in total. The maximum Gasteiger partial charge on any atom is 0.273 e. The fraction of sp³-hybridized carbons (Fsp3) is 0.676. The summed E-state index contributed by atoms with van der Waals surface area (Å²) in [6.07, 6.45) is 22.2. The SMILES string of the molecule is O=C(NCCCCCCOCCCC[C@H]1CCC[C@@H](n2cc([C@H]3CCC[C@@H](CCCCOCc4ccccc4)O3)nn2)O1)c1cocn1. The second-order valence-corrected chi connectivity index (χ2v) is 13.1. The Hall–Kier alpha value is -3.12. The normalized spacial score (nSPS) is 21.3. The molecular formula is C37H55N5O6. The number of nitrogens with zero attached hydrogens (tertiary/aromatic N) is 4. The van der Waals surface area contributed by atoms with Crippen molar-refractivity contribution in [1.29, 1.82) is 0 Å². The molecule has 264 valence electrons. The predicted octanol–water partition coefficient (Wildman–Crippen LogP) is 7.51. The highest BCUT2D eigenvalue weighted by atomic mass is 16.5. The van der Waals surface area contributed by atoms with Crippen LogP contribution in [0.4, 0.5) is 0 Å². The number of hydrogen-bond donors (Lipinski definition) is 1. The van der Waals surface area contributed by atoms with Gasteiger partial charge in [0.05, 0.1) is 25.0 Å². The van der Waals surface area contributed by atoms with Gasteiger partial charge in [-0.05, 0) is 95.5 Å². The number of carbonyl (C=O) groups excluding carboxylic acids is 1. The van der Waals surface area contributed by atoms with Crippen LogP contribution in [0, 0.1) is 0 Å². The lowest BCUT2D eigenvalue weighted by atomic mass is 9.99. The Morgan fingerprint density at radius 1 is 0.833 bits per heavy atom. The van der Waals surface area contributed by atoms with Gasteiger partial charge in [-0.15, -0.1) is 5.10 Å². The van der Waals surface area contributed by atoms with Crippen LogP contribution in [0.5, 0.6) is 0 Å².